The minimum absolute atomic E-state index is 0.0202. The second kappa shape index (κ2) is 7.37. The minimum atomic E-state index is 0.0202. The predicted octanol–water partition coefficient (Wildman–Crippen LogP) is 3.65. The SMILES string of the molecule is COc1coc(Sc2ccc(C(=O)N[C@@H]3C4CCN(CC4)[C@H]3C)cc2)c1. The number of nitrogens with zero attached hydrogens (tertiary/aromatic N) is 1. The summed E-state index contributed by atoms with van der Waals surface area (Å²) < 4.78 is 10.6. The maximum atomic E-state index is 12.7. The van der Waals surface area contributed by atoms with Crippen LogP contribution in [0.15, 0.2) is 51.0 Å². The summed E-state index contributed by atoms with van der Waals surface area (Å²) in [5.41, 5.74) is 0.704. The molecule has 0 spiro atoms. The van der Waals surface area contributed by atoms with Crippen LogP contribution in [0.3, 0.4) is 0 Å². The van der Waals surface area contributed by atoms with E-state index in [-0.39, 0.29) is 11.9 Å². The summed E-state index contributed by atoms with van der Waals surface area (Å²) in [6.07, 6.45) is 3.97. The Morgan fingerprint density at radius 3 is 2.62 bits per heavy atom. The summed E-state index contributed by atoms with van der Waals surface area (Å²) in [6.45, 7) is 4.57. The molecule has 2 bridgehead atoms. The van der Waals surface area contributed by atoms with Crippen LogP contribution < -0.4 is 10.1 Å². The highest BCUT2D eigenvalue weighted by Gasteiger charge is 2.40. The molecule has 0 radical (unpaired) electrons. The lowest BCUT2D eigenvalue weighted by Crippen LogP contribution is -2.62. The molecular weight excluding hydrogens is 348 g/mol. The summed E-state index contributed by atoms with van der Waals surface area (Å²) in [5.74, 6) is 1.34. The van der Waals surface area contributed by atoms with Gasteiger partial charge in [-0.1, -0.05) is 11.8 Å². The molecule has 1 aromatic heterocycles. The molecule has 0 unspecified atom stereocenters. The van der Waals surface area contributed by atoms with Crippen LogP contribution in [0.1, 0.15) is 30.1 Å². The lowest BCUT2D eigenvalue weighted by Gasteiger charge is -2.49. The first-order valence-corrected chi connectivity index (χ1v) is 9.91. The van der Waals surface area contributed by atoms with E-state index in [1.807, 2.05) is 30.3 Å². The van der Waals surface area contributed by atoms with Crippen LogP contribution >= 0.6 is 11.8 Å². The zero-order chi connectivity index (χ0) is 18.1. The van der Waals surface area contributed by atoms with Crippen LogP contribution in [0.4, 0.5) is 0 Å². The van der Waals surface area contributed by atoms with Crippen LogP contribution in [0.2, 0.25) is 0 Å². The lowest BCUT2D eigenvalue weighted by atomic mass is 9.79. The van der Waals surface area contributed by atoms with E-state index < -0.39 is 0 Å². The normalized spacial score (nSPS) is 27.3. The molecule has 3 aliphatic heterocycles. The smallest absolute Gasteiger partial charge is 0.251 e. The molecule has 5 rings (SSSR count). The van der Waals surface area contributed by atoms with E-state index in [4.69, 9.17) is 9.15 Å². The average molecular weight is 372 g/mol. The molecule has 138 valence electrons. The molecule has 4 heterocycles. The Hall–Kier alpha value is -1.92. The Labute approximate surface area is 158 Å². The van der Waals surface area contributed by atoms with Gasteiger partial charge in [0, 0.05) is 28.6 Å². The molecule has 2 aromatic rings. The Kier molecular flexibility index (Phi) is 4.96. The number of hydrogen-bond acceptors (Lipinski definition) is 5. The third-order valence-electron chi connectivity index (χ3n) is 5.60. The van der Waals surface area contributed by atoms with Gasteiger partial charge in [-0.3, -0.25) is 9.69 Å². The molecule has 1 aromatic carbocycles. The van der Waals surface area contributed by atoms with Crippen molar-refractivity contribution in [2.45, 2.75) is 41.8 Å². The summed E-state index contributed by atoms with van der Waals surface area (Å²) >= 11 is 1.51. The van der Waals surface area contributed by atoms with E-state index >= 15 is 0 Å². The van der Waals surface area contributed by atoms with Crippen molar-refractivity contribution in [2.24, 2.45) is 5.92 Å². The highest BCUT2D eigenvalue weighted by Crippen LogP contribution is 2.33. The summed E-state index contributed by atoms with van der Waals surface area (Å²) in [4.78, 5) is 16.2. The summed E-state index contributed by atoms with van der Waals surface area (Å²) in [5, 5.41) is 4.04. The Balaban J connectivity index is 1.39. The zero-order valence-corrected chi connectivity index (χ0v) is 15.9. The van der Waals surface area contributed by atoms with Gasteiger partial charge in [0.1, 0.15) is 6.26 Å². The number of carbonyl (C=O) groups excluding carboxylic acids is 1. The van der Waals surface area contributed by atoms with Crippen molar-refractivity contribution < 1.29 is 13.9 Å². The number of furan rings is 1. The summed E-state index contributed by atoms with van der Waals surface area (Å²) in [6, 6.07) is 10.2. The van der Waals surface area contributed by atoms with Crippen molar-refractivity contribution >= 4 is 17.7 Å². The number of nitrogens with one attached hydrogen (secondary N) is 1. The fraction of sp³-hybridized carbons (Fsp3) is 0.450. The Morgan fingerprint density at radius 2 is 2.00 bits per heavy atom. The number of carbonyl (C=O) groups is 1. The number of ether oxygens (including phenoxy) is 1. The average Bonchev–Trinajstić information content (AvgIpc) is 3.13. The minimum Gasteiger partial charge on any atom is -0.493 e. The Bertz CT molecular complexity index is 764. The molecule has 26 heavy (non-hydrogen) atoms. The standard InChI is InChI=1S/C20H24N2O3S/c1-13-19(14-7-9-22(13)10-8-14)21-20(23)15-3-5-17(6-4-15)26-18-11-16(24-2)12-25-18/h3-6,11-14,19H,7-10H2,1-2H3,(H,21,23)/t13-,19-/m0/s1. The second-order valence-corrected chi connectivity index (χ2v) is 8.12. The van der Waals surface area contributed by atoms with Gasteiger partial charge in [-0.15, -0.1) is 0 Å². The molecule has 1 amide bonds. The molecule has 0 saturated carbocycles. The van der Waals surface area contributed by atoms with E-state index in [0.717, 1.165) is 9.99 Å². The molecule has 6 heteroatoms. The molecule has 0 aliphatic carbocycles. The van der Waals surface area contributed by atoms with Crippen molar-refractivity contribution in [3.8, 4) is 5.75 Å². The van der Waals surface area contributed by atoms with Crippen molar-refractivity contribution in [3.63, 3.8) is 0 Å². The number of piperidine rings is 3. The number of amides is 1. The number of methoxy groups -OCH3 is 1. The fourth-order valence-corrected chi connectivity index (χ4v) is 4.81. The first-order chi connectivity index (χ1) is 12.6. The van der Waals surface area contributed by atoms with Crippen molar-refractivity contribution in [3.05, 3.63) is 42.2 Å². The van der Waals surface area contributed by atoms with Crippen LogP contribution in [-0.2, 0) is 0 Å². The van der Waals surface area contributed by atoms with Gasteiger partial charge in [-0.2, -0.15) is 0 Å². The van der Waals surface area contributed by atoms with Gasteiger partial charge in [-0.25, -0.2) is 0 Å². The maximum absolute atomic E-state index is 12.7. The van der Waals surface area contributed by atoms with Crippen LogP contribution in [0, 0.1) is 5.92 Å². The zero-order valence-electron chi connectivity index (χ0n) is 15.1. The monoisotopic (exact) mass is 372 g/mol. The van der Waals surface area contributed by atoms with E-state index in [9.17, 15) is 4.79 Å². The fourth-order valence-electron chi connectivity index (χ4n) is 4.03. The molecular formula is C20H24N2O3S. The van der Waals surface area contributed by atoms with Crippen LogP contribution in [0.5, 0.6) is 5.75 Å². The van der Waals surface area contributed by atoms with Crippen LogP contribution in [-0.4, -0.2) is 43.1 Å². The van der Waals surface area contributed by atoms with Gasteiger partial charge < -0.3 is 14.5 Å². The van der Waals surface area contributed by atoms with Gasteiger partial charge in [-0.05, 0) is 63.0 Å². The van der Waals surface area contributed by atoms with Crippen molar-refractivity contribution in [2.75, 3.05) is 20.2 Å². The van der Waals surface area contributed by atoms with E-state index in [1.54, 1.807) is 13.4 Å². The number of fused-ring (bicyclic) bond motifs is 3. The first-order valence-electron chi connectivity index (χ1n) is 9.09. The third kappa shape index (κ3) is 3.48. The van der Waals surface area contributed by atoms with Crippen molar-refractivity contribution in [1.82, 2.24) is 10.2 Å². The number of benzene rings is 1. The molecule has 3 aliphatic rings. The first kappa shape index (κ1) is 17.5. The molecule has 3 fully saturated rings. The van der Waals surface area contributed by atoms with Gasteiger partial charge in [0.2, 0.25) is 0 Å². The van der Waals surface area contributed by atoms with Gasteiger partial charge in [0.15, 0.2) is 10.8 Å². The maximum Gasteiger partial charge on any atom is 0.251 e. The Morgan fingerprint density at radius 1 is 1.27 bits per heavy atom. The third-order valence-corrected chi connectivity index (χ3v) is 6.52. The van der Waals surface area contributed by atoms with E-state index in [2.05, 4.69) is 17.1 Å². The van der Waals surface area contributed by atoms with Gasteiger partial charge >= 0.3 is 0 Å². The molecule has 3 saturated heterocycles. The van der Waals surface area contributed by atoms with E-state index in [0.29, 0.717) is 23.3 Å². The quantitative estimate of drug-likeness (QED) is 0.868. The highest BCUT2D eigenvalue weighted by molar-refractivity contribution is 7.99. The van der Waals surface area contributed by atoms with Gasteiger partial charge in [0.05, 0.1) is 7.11 Å². The number of rotatable bonds is 5. The molecule has 2 atom stereocenters. The largest absolute Gasteiger partial charge is 0.493 e. The lowest BCUT2D eigenvalue weighted by molar-refractivity contribution is 0.0217. The number of hydrogen-bond donors (Lipinski definition) is 1. The summed E-state index contributed by atoms with van der Waals surface area (Å²) in [7, 11) is 1.61. The molecule has 5 nitrogen and oxygen atoms in total. The van der Waals surface area contributed by atoms with Crippen LogP contribution in [0.25, 0.3) is 0 Å². The van der Waals surface area contributed by atoms with Crippen molar-refractivity contribution in [1.29, 1.82) is 0 Å². The van der Waals surface area contributed by atoms with Gasteiger partial charge in [0.25, 0.3) is 5.91 Å². The topological polar surface area (TPSA) is 54.7 Å². The second-order valence-electron chi connectivity index (χ2n) is 7.05. The highest BCUT2D eigenvalue weighted by atomic mass is 32.2. The molecule has 1 N–H and O–H groups in total. The van der Waals surface area contributed by atoms with E-state index in [1.165, 1.54) is 37.7 Å². The predicted molar refractivity (Wildman–Crippen MR) is 101 cm³/mol.